The van der Waals surface area contributed by atoms with Gasteiger partial charge in [-0.15, -0.1) is 0 Å². The van der Waals surface area contributed by atoms with Gasteiger partial charge in [0.2, 0.25) is 0 Å². The van der Waals surface area contributed by atoms with Crippen molar-refractivity contribution >= 4 is 23.5 Å². The average Bonchev–Trinajstić information content (AvgIpc) is 2.29. The number of carbonyl (C=O) groups excluding carboxylic acids is 1. The van der Waals surface area contributed by atoms with Gasteiger partial charge >= 0.3 is 5.97 Å². The number of benzene rings is 1. The number of aromatic carboxylic acids is 1. The van der Waals surface area contributed by atoms with E-state index in [1.807, 2.05) is 0 Å². The van der Waals surface area contributed by atoms with Crippen LogP contribution in [0.15, 0.2) is 18.2 Å². The summed E-state index contributed by atoms with van der Waals surface area (Å²) in [5, 5.41) is 8.97. The Labute approximate surface area is 105 Å². The van der Waals surface area contributed by atoms with Crippen LogP contribution in [0.25, 0.3) is 0 Å². The van der Waals surface area contributed by atoms with Crippen molar-refractivity contribution in [3.63, 3.8) is 0 Å². The minimum absolute atomic E-state index is 0.00838. The SMILES string of the molecule is CCCSCC(=O)c1ccc(C)c(C(=O)O)c1. The van der Waals surface area contributed by atoms with Gasteiger partial charge in [-0.2, -0.15) is 11.8 Å². The van der Waals surface area contributed by atoms with Crippen molar-refractivity contribution in [3.05, 3.63) is 34.9 Å². The molecule has 1 aromatic rings. The van der Waals surface area contributed by atoms with Crippen LogP contribution in [-0.2, 0) is 0 Å². The van der Waals surface area contributed by atoms with Crippen molar-refractivity contribution in [2.75, 3.05) is 11.5 Å². The molecule has 3 nitrogen and oxygen atoms in total. The van der Waals surface area contributed by atoms with E-state index in [0.717, 1.165) is 12.2 Å². The third-order valence-electron chi connectivity index (χ3n) is 2.37. The molecule has 1 N–H and O–H groups in total. The minimum Gasteiger partial charge on any atom is -0.478 e. The van der Waals surface area contributed by atoms with Crippen molar-refractivity contribution in [1.29, 1.82) is 0 Å². The molecule has 0 atom stereocenters. The Hall–Kier alpha value is -1.29. The average molecular weight is 252 g/mol. The Kier molecular flexibility index (Phi) is 5.22. The van der Waals surface area contributed by atoms with Crippen LogP contribution in [0.1, 0.15) is 39.6 Å². The molecule has 0 fully saturated rings. The Morgan fingerprint density at radius 1 is 1.35 bits per heavy atom. The number of thioether (sulfide) groups is 1. The lowest BCUT2D eigenvalue weighted by molar-refractivity contribution is 0.0696. The van der Waals surface area contributed by atoms with Crippen LogP contribution in [-0.4, -0.2) is 28.4 Å². The lowest BCUT2D eigenvalue weighted by Crippen LogP contribution is -2.07. The highest BCUT2D eigenvalue weighted by Crippen LogP contribution is 2.14. The fourth-order valence-corrected chi connectivity index (χ4v) is 2.20. The number of hydrogen-bond acceptors (Lipinski definition) is 3. The molecule has 0 spiro atoms. The van der Waals surface area contributed by atoms with Gasteiger partial charge in [0.1, 0.15) is 0 Å². The lowest BCUT2D eigenvalue weighted by atomic mass is 10.0. The Morgan fingerprint density at radius 2 is 2.06 bits per heavy atom. The summed E-state index contributed by atoms with van der Waals surface area (Å²) in [4.78, 5) is 22.7. The zero-order valence-corrected chi connectivity index (χ0v) is 10.8. The number of carbonyl (C=O) groups is 2. The first-order chi connectivity index (χ1) is 8.06. The molecule has 1 rings (SSSR count). The van der Waals surface area contributed by atoms with Gasteiger partial charge in [-0.3, -0.25) is 4.79 Å². The molecule has 92 valence electrons. The van der Waals surface area contributed by atoms with Gasteiger partial charge in [-0.1, -0.05) is 19.1 Å². The molecule has 0 amide bonds. The maximum Gasteiger partial charge on any atom is 0.335 e. The van der Waals surface area contributed by atoms with Gasteiger partial charge in [0.25, 0.3) is 0 Å². The van der Waals surface area contributed by atoms with Crippen LogP contribution in [0, 0.1) is 6.92 Å². The number of aryl methyl sites for hydroxylation is 1. The highest BCUT2D eigenvalue weighted by atomic mass is 32.2. The van der Waals surface area contributed by atoms with E-state index in [0.29, 0.717) is 16.9 Å². The summed E-state index contributed by atoms with van der Waals surface area (Å²) in [7, 11) is 0. The van der Waals surface area contributed by atoms with Gasteiger partial charge in [-0.25, -0.2) is 4.79 Å². The summed E-state index contributed by atoms with van der Waals surface area (Å²) in [6.07, 6.45) is 1.03. The van der Waals surface area contributed by atoms with Gasteiger partial charge in [-0.05, 0) is 30.7 Å². The molecule has 0 bridgehead atoms. The van der Waals surface area contributed by atoms with E-state index in [1.54, 1.807) is 30.8 Å². The summed E-state index contributed by atoms with van der Waals surface area (Å²) in [6.45, 7) is 3.79. The predicted octanol–water partition coefficient (Wildman–Crippen LogP) is 3.02. The van der Waals surface area contributed by atoms with Gasteiger partial charge in [0.15, 0.2) is 5.78 Å². The van der Waals surface area contributed by atoms with E-state index in [1.165, 1.54) is 6.07 Å². The number of hydrogen-bond donors (Lipinski definition) is 1. The quantitative estimate of drug-likeness (QED) is 0.624. The minimum atomic E-state index is -0.988. The second kappa shape index (κ2) is 6.45. The highest BCUT2D eigenvalue weighted by molar-refractivity contribution is 7.99. The number of ketones is 1. The van der Waals surface area contributed by atoms with E-state index < -0.39 is 5.97 Å². The van der Waals surface area contributed by atoms with E-state index in [-0.39, 0.29) is 11.3 Å². The second-order valence-corrected chi connectivity index (χ2v) is 4.92. The van der Waals surface area contributed by atoms with E-state index in [4.69, 9.17) is 5.11 Å². The monoisotopic (exact) mass is 252 g/mol. The zero-order chi connectivity index (χ0) is 12.8. The zero-order valence-electron chi connectivity index (χ0n) is 10.0. The molecule has 0 radical (unpaired) electrons. The third-order valence-corrected chi connectivity index (χ3v) is 3.53. The molecular weight excluding hydrogens is 236 g/mol. The first kappa shape index (κ1) is 13.8. The Morgan fingerprint density at radius 3 is 2.65 bits per heavy atom. The smallest absolute Gasteiger partial charge is 0.335 e. The van der Waals surface area contributed by atoms with Crippen LogP contribution < -0.4 is 0 Å². The van der Waals surface area contributed by atoms with Gasteiger partial charge in [0, 0.05) is 5.56 Å². The fourth-order valence-electron chi connectivity index (χ4n) is 1.42. The van der Waals surface area contributed by atoms with Crippen molar-refractivity contribution in [2.24, 2.45) is 0 Å². The molecule has 4 heteroatoms. The van der Waals surface area contributed by atoms with Crippen LogP contribution in [0.3, 0.4) is 0 Å². The van der Waals surface area contributed by atoms with Gasteiger partial charge < -0.3 is 5.11 Å². The third kappa shape index (κ3) is 3.89. The van der Waals surface area contributed by atoms with Gasteiger partial charge in [0.05, 0.1) is 11.3 Å². The highest BCUT2D eigenvalue weighted by Gasteiger charge is 2.12. The first-order valence-corrected chi connectivity index (χ1v) is 6.66. The fraction of sp³-hybridized carbons (Fsp3) is 0.385. The van der Waals surface area contributed by atoms with Crippen LogP contribution >= 0.6 is 11.8 Å². The molecule has 0 saturated carbocycles. The van der Waals surface area contributed by atoms with E-state index in [9.17, 15) is 9.59 Å². The second-order valence-electron chi connectivity index (χ2n) is 3.81. The maximum absolute atomic E-state index is 11.8. The molecule has 0 saturated heterocycles. The first-order valence-electron chi connectivity index (χ1n) is 5.51. The number of carboxylic acid groups (broad SMARTS) is 1. The van der Waals surface area contributed by atoms with Crippen molar-refractivity contribution < 1.29 is 14.7 Å². The van der Waals surface area contributed by atoms with Crippen molar-refractivity contribution in [3.8, 4) is 0 Å². The molecule has 0 aliphatic heterocycles. The summed E-state index contributed by atoms with van der Waals surface area (Å²) in [6, 6.07) is 4.84. The Balaban J connectivity index is 2.81. The van der Waals surface area contributed by atoms with Crippen LogP contribution in [0.2, 0.25) is 0 Å². The number of rotatable bonds is 6. The standard InChI is InChI=1S/C13H16O3S/c1-3-6-17-8-12(14)10-5-4-9(2)11(7-10)13(15)16/h4-5,7H,3,6,8H2,1-2H3,(H,15,16). The summed E-state index contributed by atoms with van der Waals surface area (Å²) in [5.41, 5.74) is 1.36. The van der Waals surface area contributed by atoms with Crippen LogP contribution in [0.4, 0.5) is 0 Å². The number of carboxylic acids is 1. The summed E-state index contributed by atoms with van der Waals surface area (Å²) in [5.74, 6) is 0.364. The molecule has 0 unspecified atom stereocenters. The molecule has 1 aromatic carbocycles. The number of Topliss-reactive ketones (excluding diaryl/α,β-unsaturated/α-hetero) is 1. The van der Waals surface area contributed by atoms with Crippen molar-refractivity contribution in [2.45, 2.75) is 20.3 Å². The molecule has 0 aromatic heterocycles. The van der Waals surface area contributed by atoms with Crippen LogP contribution in [0.5, 0.6) is 0 Å². The maximum atomic E-state index is 11.8. The van der Waals surface area contributed by atoms with Crippen molar-refractivity contribution in [1.82, 2.24) is 0 Å². The molecule has 0 heterocycles. The largest absolute Gasteiger partial charge is 0.478 e. The van der Waals surface area contributed by atoms with E-state index in [2.05, 4.69) is 6.92 Å². The molecule has 0 aliphatic rings. The topological polar surface area (TPSA) is 54.4 Å². The Bertz CT molecular complexity index is 427. The lowest BCUT2D eigenvalue weighted by Gasteiger charge is -2.04. The molecule has 0 aliphatic carbocycles. The molecule has 17 heavy (non-hydrogen) atoms. The van der Waals surface area contributed by atoms with E-state index >= 15 is 0 Å². The summed E-state index contributed by atoms with van der Waals surface area (Å²) >= 11 is 1.58. The predicted molar refractivity (Wildman–Crippen MR) is 70.1 cm³/mol. The molecular formula is C13H16O3S. The summed E-state index contributed by atoms with van der Waals surface area (Å²) < 4.78 is 0. The normalized spacial score (nSPS) is 10.2.